The molecule has 122 valence electrons. The van der Waals surface area contributed by atoms with Crippen molar-refractivity contribution in [3.05, 3.63) is 35.9 Å². The van der Waals surface area contributed by atoms with Crippen molar-refractivity contribution in [2.24, 2.45) is 5.92 Å². The molecule has 2 rings (SSSR count). The molecule has 1 aromatic rings. The van der Waals surface area contributed by atoms with E-state index in [4.69, 9.17) is 0 Å². The van der Waals surface area contributed by atoms with Gasteiger partial charge in [-0.1, -0.05) is 30.3 Å². The molecule has 1 heterocycles. The molecular weight excluding hydrogens is 276 g/mol. The van der Waals surface area contributed by atoms with Crippen LogP contribution in [0.4, 0.5) is 0 Å². The van der Waals surface area contributed by atoms with E-state index in [1.54, 1.807) is 0 Å². The Hall–Kier alpha value is -1.39. The van der Waals surface area contributed by atoms with Crippen LogP contribution in [0.15, 0.2) is 30.3 Å². The Kier molecular flexibility index (Phi) is 6.87. The van der Waals surface area contributed by atoms with Crippen LogP contribution in [-0.2, 0) is 4.79 Å². The van der Waals surface area contributed by atoms with Gasteiger partial charge in [0.05, 0.1) is 6.10 Å². The van der Waals surface area contributed by atoms with Gasteiger partial charge in [-0.3, -0.25) is 4.79 Å². The molecule has 2 unspecified atom stereocenters. The molecule has 4 heteroatoms. The van der Waals surface area contributed by atoms with Gasteiger partial charge >= 0.3 is 0 Å². The van der Waals surface area contributed by atoms with Crippen molar-refractivity contribution >= 4 is 5.91 Å². The van der Waals surface area contributed by atoms with E-state index in [0.29, 0.717) is 18.8 Å². The van der Waals surface area contributed by atoms with Gasteiger partial charge < -0.3 is 15.7 Å². The Morgan fingerprint density at radius 1 is 1.32 bits per heavy atom. The highest BCUT2D eigenvalue weighted by Gasteiger charge is 2.17. The molecule has 1 aromatic carbocycles. The second-order valence-corrected chi connectivity index (χ2v) is 6.36. The third-order valence-corrected chi connectivity index (χ3v) is 4.41. The maximum Gasteiger partial charge on any atom is 0.220 e. The Morgan fingerprint density at radius 2 is 2.00 bits per heavy atom. The van der Waals surface area contributed by atoms with Crippen molar-refractivity contribution in [1.82, 2.24) is 10.6 Å². The number of rotatable bonds is 7. The molecule has 1 aliphatic heterocycles. The molecular formula is C18H28N2O2. The van der Waals surface area contributed by atoms with E-state index in [2.05, 4.69) is 10.6 Å². The van der Waals surface area contributed by atoms with Gasteiger partial charge in [-0.15, -0.1) is 0 Å². The van der Waals surface area contributed by atoms with E-state index in [9.17, 15) is 9.90 Å². The van der Waals surface area contributed by atoms with Gasteiger partial charge in [-0.2, -0.15) is 0 Å². The predicted molar refractivity (Wildman–Crippen MR) is 88.5 cm³/mol. The largest absolute Gasteiger partial charge is 0.388 e. The summed E-state index contributed by atoms with van der Waals surface area (Å²) >= 11 is 0. The standard InChI is InChI=1S/C18H28N2O2/c1-14(13-17(21)16-5-3-2-4-6-16)20-18(22)8-7-15-9-11-19-12-10-15/h2-6,14-15,17,19,21H,7-13H2,1H3,(H,20,22). The summed E-state index contributed by atoms with van der Waals surface area (Å²) in [5, 5.41) is 16.5. The van der Waals surface area contributed by atoms with Gasteiger partial charge in [0, 0.05) is 12.5 Å². The van der Waals surface area contributed by atoms with Gasteiger partial charge in [0.2, 0.25) is 5.91 Å². The number of carbonyl (C=O) groups is 1. The van der Waals surface area contributed by atoms with Crippen molar-refractivity contribution in [3.8, 4) is 0 Å². The minimum absolute atomic E-state index is 0.0178. The number of aliphatic hydroxyl groups excluding tert-OH is 1. The number of carbonyl (C=O) groups excluding carboxylic acids is 1. The smallest absolute Gasteiger partial charge is 0.220 e. The zero-order valence-corrected chi connectivity index (χ0v) is 13.4. The first kappa shape index (κ1) is 17.0. The van der Waals surface area contributed by atoms with E-state index in [1.165, 1.54) is 12.8 Å². The number of piperidine rings is 1. The molecule has 0 bridgehead atoms. The highest BCUT2D eigenvalue weighted by molar-refractivity contribution is 5.76. The lowest BCUT2D eigenvalue weighted by atomic mass is 9.93. The van der Waals surface area contributed by atoms with E-state index in [1.807, 2.05) is 37.3 Å². The molecule has 1 aliphatic rings. The average molecular weight is 304 g/mol. The molecule has 0 spiro atoms. The topological polar surface area (TPSA) is 61.4 Å². The fraction of sp³-hybridized carbons (Fsp3) is 0.611. The van der Waals surface area contributed by atoms with Crippen LogP contribution in [0, 0.1) is 5.92 Å². The third kappa shape index (κ3) is 5.78. The van der Waals surface area contributed by atoms with Crippen molar-refractivity contribution in [3.63, 3.8) is 0 Å². The lowest BCUT2D eigenvalue weighted by Crippen LogP contribution is -2.34. The molecule has 1 amide bonds. The molecule has 2 atom stereocenters. The normalized spacial score (nSPS) is 18.6. The summed E-state index contributed by atoms with van der Waals surface area (Å²) in [6, 6.07) is 9.58. The first-order valence-electron chi connectivity index (χ1n) is 8.38. The number of benzene rings is 1. The zero-order chi connectivity index (χ0) is 15.8. The van der Waals surface area contributed by atoms with Crippen LogP contribution in [0.5, 0.6) is 0 Å². The molecule has 0 saturated carbocycles. The van der Waals surface area contributed by atoms with Crippen LogP contribution in [0.1, 0.15) is 50.7 Å². The van der Waals surface area contributed by atoms with Gasteiger partial charge in [0.15, 0.2) is 0 Å². The Morgan fingerprint density at radius 3 is 2.68 bits per heavy atom. The average Bonchev–Trinajstić information content (AvgIpc) is 2.54. The van der Waals surface area contributed by atoms with Crippen LogP contribution in [0.3, 0.4) is 0 Å². The van der Waals surface area contributed by atoms with Crippen LogP contribution in [-0.4, -0.2) is 30.1 Å². The number of nitrogens with one attached hydrogen (secondary N) is 2. The molecule has 0 aromatic heterocycles. The first-order chi connectivity index (χ1) is 10.6. The zero-order valence-electron chi connectivity index (χ0n) is 13.4. The number of hydrogen-bond donors (Lipinski definition) is 3. The Labute approximate surface area is 133 Å². The second kappa shape index (κ2) is 8.91. The van der Waals surface area contributed by atoms with Crippen molar-refractivity contribution in [1.29, 1.82) is 0 Å². The van der Waals surface area contributed by atoms with E-state index < -0.39 is 6.10 Å². The molecule has 0 aliphatic carbocycles. The number of hydrogen-bond acceptors (Lipinski definition) is 3. The highest BCUT2D eigenvalue weighted by atomic mass is 16.3. The second-order valence-electron chi connectivity index (χ2n) is 6.36. The first-order valence-corrected chi connectivity index (χ1v) is 8.38. The van der Waals surface area contributed by atoms with Crippen molar-refractivity contribution in [2.45, 2.75) is 51.2 Å². The molecule has 0 radical (unpaired) electrons. The number of amides is 1. The summed E-state index contributed by atoms with van der Waals surface area (Å²) in [4.78, 5) is 12.0. The third-order valence-electron chi connectivity index (χ3n) is 4.41. The highest BCUT2D eigenvalue weighted by Crippen LogP contribution is 2.19. The maximum absolute atomic E-state index is 12.0. The lowest BCUT2D eigenvalue weighted by Gasteiger charge is -2.23. The van der Waals surface area contributed by atoms with Gasteiger partial charge in [-0.05, 0) is 57.2 Å². The SMILES string of the molecule is CC(CC(O)c1ccccc1)NC(=O)CCC1CCNCC1. The fourth-order valence-electron chi connectivity index (χ4n) is 3.06. The summed E-state index contributed by atoms with van der Waals surface area (Å²) in [5.74, 6) is 0.781. The number of aliphatic hydroxyl groups is 1. The summed E-state index contributed by atoms with van der Waals surface area (Å²) in [7, 11) is 0. The van der Waals surface area contributed by atoms with E-state index in [0.717, 1.165) is 25.1 Å². The molecule has 4 nitrogen and oxygen atoms in total. The molecule has 1 fully saturated rings. The molecule has 22 heavy (non-hydrogen) atoms. The minimum Gasteiger partial charge on any atom is -0.388 e. The Bertz CT molecular complexity index is 444. The monoisotopic (exact) mass is 304 g/mol. The minimum atomic E-state index is -0.527. The molecule has 1 saturated heterocycles. The van der Waals surface area contributed by atoms with Gasteiger partial charge in [0.1, 0.15) is 0 Å². The van der Waals surface area contributed by atoms with Crippen molar-refractivity contribution < 1.29 is 9.90 Å². The summed E-state index contributed by atoms with van der Waals surface area (Å²) in [5.41, 5.74) is 0.901. The lowest BCUT2D eigenvalue weighted by molar-refractivity contribution is -0.122. The van der Waals surface area contributed by atoms with Crippen LogP contribution < -0.4 is 10.6 Å². The fourth-order valence-corrected chi connectivity index (χ4v) is 3.06. The summed E-state index contributed by atoms with van der Waals surface area (Å²) in [6.45, 7) is 4.10. The summed E-state index contributed by atoms with van der Waals surface area (Å²) in [6.07, 6.45) is 3.94. The van der Waals surface area contributed by atoms with Crippen LogP contribution >= 0.6 is 0 Å². The van der Waals surface area contributed by atoms with E-state index in [-0.39, 0.29) is 11.9 Å². The summed E-state index contributed by atoms with van der Waals surface area (Å²) < 4.78 is 0. The molecule has 3 N–H and O–H groups in total. The predicted octanol–water partition coefficient (Wildman–Crippen LogP) is 2.39. The maximum atomic E-state index is 12.0. The van der Waals surface area contributed by atoms with Crippen LogP contribution in [0.2, 0.25) is 0 Å². The van der Waals surface area contributed by atoms with Gasteiger partial charge in [-0.25, -0.2) is 0 Å². The van der Waals surface area contributed by atoms with E-state index >= 15 is 0 Å². The Balaban J connectivity index is 1.67. The van der Waals surface area contributed by atoms with Gasteiger partial charge in [0.25, 0.3) is 0 Å². The quantitative estimate of drug-likeness (QED) is 0.725. The van der Waals surface area contributed by atoms with Crippen LogP contribution in [0.25, 0.3) is 0 Å². The van der Waals surface area contributed by atoms with Crippen molar-refractivity contribution in [2.75, 3.05) is 13.1 Å².